The molecular weight excluding hydrogens is 165 g/mol. The number of nitrogens with zero attached hydrogens (tertiary/aromatic N) is 1. The molecule has 0 amide bonds. The third kappa shape index (κ3) is 1.05. The molecule has 0 atom stereocenters. The summed E-state index contributed by atoms with van der Waals surface area (Å²) < 4.78 is 15.2. The van der Waals surface area contributed by atoms with Gasteiger partial charge in [0, 0.05) is 18.6 Å². The van der Waals surface area contributed by atoms with Gasteiger partial charge in [-0.1, -0.05) is 6.07 Å². The summed E-state index contributed by atoms with van der Waals surface area (Å²) in [5.74, 6) is -0.126. The lowest BCUT2D eigenvalue weighted by atomic mass is 10.1. The van der Waals surface area contributed by atoms with E-state index in [1.165, 1.54) is 6.20 Å². The predicted octanol–water partition coefficient (Wildman–Crippen LogP) is 2.93. The molecule has 13 heavy (non-hydrogen) atoms. The lowest BCUT2D eigenvalue weighted by molar-refractivity contribution is 0.633. The second-order valence-corrected chi connectivity index (χ2v) is 3.49. The monoisotopic (exact) mass is 177 g/mol. The van der Waals surface area contributed by atoms with E-state index in [9.17, 15) is 4.39 Å². The van der Waals surface area contributed by atoms with Gasteiger partial charge in [0.15, 0.2) is 0 Å². The fraction of sp³-hybridized carbons (Fsp3) is 0.273. The summed E-state index contributed by atoms with van der Waals surface area (Å²) in [7, 11) is 1.86. The summed E-state index contributed by atoms with van der Waals surface area (Å²) in [6.45, 7) is 3.96. The standard InChI is InChI=1S/C11H12FN/c1-7-4-5-10-11(8(7)2)9(12)6-13(10)3/h4-6H,1-3H3. The van der Waals surface area contributed by atoms with Gasteiger partial charge in [0.1, 0.15) is 5.82 Å². The summed E-state index contributed by atoms with van der Waals surface area (Å²) in [6.07, 6.45) is 1.52. The van der Waals surface area contributed by atoms with E-state index in [0.29, 0.717) is 0 Å². The molecule has 0 spiro atoms. The van der Waals surface area contributed by atoms with Crippen LogP contribution in [0.3, 0.4) is 0 Å². The summed E-state index contributed by atoms with van der Waals surface area (Å²) in [6, 6.07) is 3.98. The van der Waals surface area contributed by atoms with E-state index < -0.39 is 0 Å². The Kier molecular flexibility index (Phi) is 1.65. The molecule has 0 aliphatic heterocycles. The van der Waals surface area contributed by atoms with Crippen LogP contribution in [0.4, 0.5) is 4.39 Å². The van der Waals surface area contributed by atoms with E-state index in [1.54, 1.807) is 0 Å². The van der Waals surface area contributed by atoms with Crippen molar-refractivity contribution in [1.82, 2.24) is 4.57 Å². The van der Waals surface area contributed by atoms with Crippen LogP contribution in [0.1, 0.15) is 11.1 Å². The van der Waals surface area contributed by atoms with Crippen LogP contribution in [0.2, 0.25) is 0 Å². The second-order valence-electron chi connectivity index (χ2n) is 3.49. The minimum atomic E-state index is -0.126. The number of hydrogen-bond donors (Lipinski definition) is 0. The summed E-state index contributed by atoms with van der Waals surface area (Å²) >= 11 is 0. The molecule has 2 heteroatoms. The first kappa shape index (κ1) is 8.30. The fourth-order valence-corrected chi connectivity index (χ4v) is 1.70. The second kappa shape index (κ2) is 2.59. The molecule has 0 radical (unpaired) electrons. The highest BCUT2D eigenvalue weighted by atomic mass is 19.1. The Morgan fingerprint density at radius 3 is 2.62 bits per heavy atom. The van der Waals surface area contributed by atoms with E-state index in [-0.39, 0.29) is 5.82 Å². The largest absolute Gasteiger partial charge is 0.348 e. The topological polar surface area (TPSA) is 4.93 Å². The van der Waals surface area contributed by atoms with Gasteiger partial charge in [-0.2, -0.15) is 0 Å². The first-order valence-electron chi connectivity index (χ1n) is 4.32. The molecule has 0 unspecified atom stereocenters. The molecule has 0 fully saturated rings. The van der Waals surface area contributed by atoms with E-state index in [4.69, 9.17) is 0 Å². The van der Waals surface area contributed by atoms with Crippen LogP contribution in [0.25, 0.3) is 10.9 Å². The maximum Gasteiger partial charge on any atom is 0.148 e. The Morgan fingerprint density at radius 1 is 1.23 bits per heavy atom. The van der Waals surface area contributed by atoms with Crippen molar-refractivity contribution in [2.24, 2.45) is 7.05 Å². The van der Waals surface area contributed by atoms with E-state index in [1.807, 2.05) is 37.6 Å². The van der Waals surface area contributed by atoms with Gasteiger partial charge in [-0.3, -0.25) is 0 Å². The zero-order valence-electron chi connectivity index (χ0n) is 8.06. The van der Waals surface area contributed by atoms with Gasteiger partial charge in [-0.05, 0) is 31.0 Å². The Bertz CT molecular complexity index is 468. The highest BCUT2D eigenvalue weighted by molar-refractivity contribution is 5.85. The zero-order chi connectivity index (χ0) is 9.59. The van der Waals surface area contributed by atoms with Gasteiger partial charge in [-0.25, -0.2) is 4.39 Å². The molecule has 0 saturated carbocycles. The van der Waals surface area contributed by atoms with Crippen molar-refractivity contribution in [2.45, 2.75) is 13.8 Å². The van der Waals surface area contributed by atoms with Crippen LogP contribution in [0, 0.1) is 19.7 Å². The Hall–Kier alpha value is -1.31. The van der Waals surface area contributed by atoms with Gasteiger partial charge in [-0.15, -0.1) is 0 Å². The molecule has 0 aliphatic rings. The molecule has 1 heterocycles. The number of benzene rings is 1. The van der Waals surface area contributed by atoms with Crippen molar-refractivity contribution in [3.8, 4) is 0 Å². The van der Waals surface area contributed by atoms with Crippen molar-refractivity contribution in [1.29, 1.82) is 0 Å². The van der Waals surface area contributed by atoms with Crippen LogP contribution in [-0.4, -0.2) is 4.57 Å². The number of aromatic nitrogens is 1. The number of aryl methyl sites for hydroxylation is 3. The minimum Gasteiger partial charge on any atom is -0.348 e. The molecule has 0 aliphatic carbocycles. The third-order valence-corrected chi connectivity index (χ3v) is 2.64. The SMILES string of the molecule is Cc1ccc2c(c(F)cn2C)c1C. The smallest absolute Gasteiger partial charge is 0.148 e. The highest BCUT2D eigenvalue weighted by Crippen LogP contribution is 2.24. The molecule has 0 bridgehead atoms. The number of rotatable bonds is 0. The molecule has 2 rings (SSSR count). The van der Waals surface area contributed by atoms with Crippen molar-refractivity contribution in [2.75, 3.05) is 0 Å². The molecule has 0 N–H and O–H groups in total. The van der Waals surface area contributed by atoms with Crippen LogP contribution >= 0.6 is 0 Å². The van der Waals surface area contributed by atoms with Crippen LogP contribution in [0.15, 0.2) is 18.3 Å². The minimum absolute atomic E-state index is 0.126. The van der Waals surface area contributed by atoms with Crippen LogP contribution in [0.5, 0.6) is 0 Å². The first-order chi connectivity index (χ1) is 6.11. The van der Waals surface area contributed by atoms with Gasteiger partial charge in [0.2, 0.25) is 0 Å². The molecule has 2 aromatic rings. The maximum atomic E-state index is 13.4. The Morgan fingerprint density at radius 2 is 1.92 bits per heavy atom. The molecule has 68 valence electrons. The number of halogens is 1. The molecule has 1 aromatic carbocycles. The van der Waals surface area contributed by atoms with Gasteiger partial charge >= 0.3 is 0 Å². The number of hydrogen-bond acceptors (Lipinski definition) is 0. The predicted molar refractivity (Wildman–Crippen MR) is 52.4 cm³/mol. The number of fused-ring (bicyclic) bond motifs is 1. The van der Waals surface area contributed by atoms with Gasteiger partial charge < -0.3 is 4.57 Å². The van der Waals surface area contributed by atoms with Gasteiger partial charge in [0.05, 0.1) is 5.52 Å². The van der Waals surface area contributed by atoms with E-state index in [0.717, 1.165) is 22.0 Å². The van der Waals surface area contributed by atoms with E-state index in [2.05, 4.69) is 0 Å². The van der Waals surface area contributed by atoms with Crippen molar-refractivity contribution in [3.63, 3.8) is 0 Å². The first-order valence-corrected chi connectivity index (χ1v) is 4.32. The lowest BCUT2D eigenvalue weighted by Crippen LogP contribution is -1.86. The highest BCUT2D eigenvalue weighted by Gasteiger charge is 2.09. The third-order valence-electron chi connectivity index (χ3n) is 2.64. The quantitative estimate of drug-likeness (QED) is 0.583. The zero-order valence-corrected chi connectivity index (χ0v) is 8.06. The summed E-state index contributed by atoms with van der Waals surface area (Å²) in [5, 5.41) is 0.752. The van der Waals surface area contributed by atoms with Gasteiger partial charge in [0.25, 0.3) is 0 Å². The average Bonchev–Trinajstić information content (AvgIpc) is 2.35. The maximum absolute atomic E-state index is 13.4. The Labute approximate surface area is 76.8 Å². The normalized spacial score (nSPS) is 11.1. The van der Waals surface area contributed by atoms with Crippen LogP contribution in [-0.2, 0) is 7.05 Å². The molecule has 1 nitrogen and oxygen atoms in total. The van der Waals surface area contributed by atoms with Crippen molar-refractivity contribution >= 4 is 10.9 Å². The molecular formula is C11H12FN. The summed E-state index contributed by atoms with van der Waals surface area (Å²) in [4.78, 5) is 0. The molecule has 0 saturated heterocycles. The summed E-state index contributed by atoms with van der Waals surface area (Å²) in [5.41, 5.74) is 3.13. The van der Waals surface area contributed by atoms with E-state index >= 15 is 0 Å². The van der Waals surface area contributed by atoms with Crippen LogP contribution < -0.4 is 0 Å². The van der Waals surface area contributed by atoms with Crippen molar-refractivity contribution < 1.29 is 4.39 Å². The Balaban J connectivity index is 2.98. The van der Waals surface area contributed by atoms with Crippen molar-refractivity contribution in [3.05, 3.63) is 35.3 Å². The molecule has 1 aromatic heterocycles. The lowest BCUT2D eigenvalue weighted by Gasteiger charge is -2.02. The average molecular weight is 177 g/mol. The fourth-order valence-electron chi connectivity index (χ4n) is 1.70.